The van der Waals surface area contributed by atoms with E-state index in [-0.39, 0.29) is 30.2 Å². The molecule has 0 aromatic carbocycles. The van der Waals surface area contributed by atoms with Crippen LogP contribution in [0, 0.1) is 0 Å². The monoisotopic (exact) mass is 260 g/mol. The third kappa shape index (κ3) is 4.74. The van der Waals surface area contributed by atoms with E-state index in [0.717, 1.165) is 0 Å². The van der Waals surface area contributed by atoms with E-state index in [1.165, 1.54) is 12.4 Å². The van der Waals surface area contributed by atoms with Gasteiger partial charge in [0.2, 0.25) is 10.0 Å². The zero-order valence-electron chi connectivity index (χ0n) is 8.83. The van der Waals surface area contributed by atoms with Gasteiger partial charge in [-0.25, -0.2) is 28.3 Å². The number of aromatic nitrogens is 2. The van der Waals surface area contributed by atoms with Gasteiger partial charge in [0.05, 0.1) is 5.75 Å². The third-order valence-electron chi connectivity index (χ3n) is 1.80. The Balaban J connectivity index is 2.55. The number of carboxylic acid groups (broad SMARTS) is 1. The summed E-state index contributed by atoms with van der Waals surface area (Å²) in [5.74, 6) is -1.27. The molecule has 0 fully saturated rings. The molecule has 8 nitrogen and oxygen atoms in total. The summed E-state index contributed by atoms with van der Waals surface area (Å²) in [5.41, 5.74) is -0.205. The van der Waals surface area contributed by atoms with Crippen molar-refractivity contribution in [1.29, 1.82) is 0 Å². The number of nitrogens with zero attached hydrogens (tertiary/aromatic N) is 2. The van der Waals surface area contributed by atoms with Crippen molar-refractivity contribution in [2.24, 2.45) is 5.14 Å². The summed E-state index contributed by atoms with van der Waals surface area (Å²) in [6.45, 7) is 0.245. The second-order valence-electron chi connectivity index (χ2n) is 3.21. The molecule has 94 valence electrons. The first-order chi connectivity index (χ1) is 7.90. The number of aromatic carboxylic acids is 1. The lowest BCUT2D eigenvalue weighted by atomic mass is 10.4. The molecule has 0 aliphatic rings. The Hall–Kier alpha value is -1.74. The van der Waals surface area contributed by atoms with Gasteiger partial charge in [0.25, 0.3) is 0 Å². The zero-order chi connectivity index (χ0) is 12.9. The Morgan fingerprint density at radius 3 is 2.65 bits per heavy atom. The molecule has 1 rings (SSSR count). The normalized spacial score (nSPS) is 11.1. The summed E-state index contributed by atoms with van der Waals surface area (Å²) in [4.78, 5) is 18.2. The van der Waals surface area contributed by atoms with Crippen molar-refractivity contribution < 1.29 is 18.3 Å². The maximum atomic E-state index is 10.8. The Morgan fingerprint density at radius 2 is 2.06 bits per heavy atom. The summed E-state index contributed by atoms with van der Waals surface area (Å²) >= 11 is 0. The van der Waals surface area contributed by atoms with E-state index in [4.69, 9.17) is 10.2 Å². The van der Waals surface area contributed by atoms with Crippen molar-refractivity contribution in [1.82, 2.24) is 9.97 Å². The standard InChI is InChI=1S/C8H12N4O4S/c9-17(15,16)5-1-2-11-7-6(8(13)14)10-3-4-12-7/h3-4H,1-2,5H2,(H,11,12)(H,13,14)(H2,9,15,16). The molecule has 1 heterocycles. The van der Waals surface area contributed by atoms with Gasteiger partial charge in [0, 0.05) is 18.9 Å². The van der Waals surface area contributed by atoms with Crippen LogP contribution >= 0.6 is 0 Å². The molecule has 4 N–H and O–H groups in total. The lowest BCUT2D eigenvalue weighted by molar-refractivity contribution is 0.0691. The molecule has 0 saturated heterocycles. The van der Waals surface area contributed by atoms with E-state index in [9.17, 15) is 13.2 Å². The number of rotatable bonds is 6. The topological polar surface area (TPSA) is 135 Å². The number of hydrogen-bond acceptors (Lipinski definition) is 6. The molecular weight excluding hydrogens is 248 g/mol. The highest BCUT2D eigenvalue weighted by molar-refractivity contribution is 7.89. The highest BCUT2D eigenvalue weighted by atomic mass is 32.2. The lowest BCUT2D eigenvalue weighted by Crippen LogP contribution is -2.19. The molecule has 0 unspecified atom stereocenters. The molecule has 0 aliphatic carbocycles. The fraction of sp³-hybridized carbons (Fsp3) is 0.375. The summed E-state index contributed by atoms with van der Waals surface area (Å²) < 4.78 is 21.3. The van der Waals surface area contributed by atoms with Crippen molar-refractivity contribution in [2.45, 2.75) is 6.42 Å². The lowest BCUT2D eigenvalue weighted by Gasteiger charge is -2.06. The predicted molar refractivity (Wildman–Crippen MR) is 60.1 cm³/mol. The Labute approximate surface area is 97.9 Å². The average Bonchev–Trinajstić information content (AvgIpc) is 2.23. The van der Waals surface area contributed by atoms with E-state index in [1.807, 2.05) is 0 Å². The van der Waals surface area contributed by atoms with E-state index in [2.05, 4.69) is 15.3 Å². The van der Waals surface area contributed by atoms with Crippen LogP contribution in [0.3, 0.4) is 0 Å². The molecule has 0 bridgehead atoms. The van der Waals surface area contributed by atoms with Gasteiger partial charge in [-0.15, -0.1) is 0 Å². The van der Waals surface area contributed by atoms with Crippen molar-refractivity contribution in [3.63, 3.8) is 0 Å². The maximum Gasteiger partial charge on any atom is 0.358 e. The van der Waals surface area contributed by atoms with Gasteiger partial charge in [-0.2, -0.15) is 0 Å². The minimum atomic E-state index is -3.50. The molecule has 0 spiro atoms. The number of carboxylic acids is 1. The van der Waals surface area contributed by atoms with E-state index in [0.29, 0.717) is 0 Å². The molecule has 0 amide bonds. The SMILES string of the molecule is NS(=O)(=O)CCCNc1nccnc1C(=O)O. The van der Waals surface area contributed by atoms with Crippen LogP contribution in [0.15, 0.2) is 12.4 Å². The number of nitrogens with two attached hydrogens (primary N) is 1. The highest BCUT2D eigenvalue weighted by Gasteiger charge is 2.12. The first-order valence-electron chi connectivity index (χ1n) is 4.69. The van der Waals surface area contributed by atoms with Crippen LogP contribution in [0.25, 0.3) is 0 Å². The molecule has 0 atom stereocenters. The maximum absolute atomic E-state index is 10.8. The van der Waals surface area contributed by atoms with E-state index in [1.54, 1.807) is 0 Å². The second kappa shape index (κ2) is 5.55. The number of primary sulfonamides is 1. The Morgan fingerprint density at radius 1 is 1.41 bits per heavy atom. The van der Waals surface area contributed by atoms with Crippen LogP contribution < -0.4 is 10.5 Å². The van der Waals surface area contributed by atoms with E-state index >= 15 is 0 Å². The summed E-state index contributed by atoms with van der Waals surface area (Å²) in [6.07, 6.45) is 2.86. The van der Waals surface area contributed by atoms with Gasteiger partial charge in [0.15, 0.2) is 11.5 Å². The van der Waals surface area contributed by atoms with Crippen LogP contribution in [-0.4, -0.2) is 41.8 Å². The molecular formula is C8H12N4O4S. The number of hydrogen-bond donors (Lipinski definition) is 3. The molecule has 0 saturated carbocycles. The highest BCUT2D eigenvalue weighted by Crippen LogP contribution is 2.07. The zero-order valence-corrected chi connectivity index (χ0v) is 9.64. The van der Waals surface area contributed by atoms with Crippen LogP contribution in [0.1, 0.15) is 16.9 Å². The third-order valence-corrected chi connectivity index (χ3v) is 2.66. The van der Waals surface area contributed by atoms with Gasteiger partial charge >= 0.3 is 5.97 Å². The summed E-state index contributed by atoms with van der Waals surface area (Å²) in [7, 11) is -3.50. The fourth-order valence-corrected chi connectivity index (χ4v) is 1.65. The number of carbonyl (C=O) groups is 1. The van der Waals surface area contributed by atoms with Crippen molar-refractivity contribution >= 4 is 21.8 Å². The molecule has 9 heteroatoms. The van der Waals surface area contributed by atoms with Crippen LogP contribution in [0.5, 0.6) is 0 Å². The molecule has 0 aliphatic heterocycles. The van der Waals surface area contributed by atoms with Crippen molar-refractivity contribution in [3.8, 4) is 0 Å². The van der Waals surface area contributed by atoms with Crippen LogP contribution in [0.2, 0.25) is 0 Å². The summed E-state index contributed by atoms with van der Waals surface area (Å²) in [6, 6.07) is 0. The number of nitrogens with one attached hydrogen (secondary N) is 1. The Bertz CT molecular complexity index is 502. The van der Waals surface area contributed by atoms with Gasteiger partial charge in [-0.3, -0.25) is 0 Å². The van der Waals surface area contributed by atoms with Crippen molar-refractivity contribution in [3.05, 3.63) is 18.1 Å². The van der Waals surface area contributed by atoms with Gasteiger partial charge in [-0.1, -0.05) is 0 Å². The Kier molecular flexibility index (Phi) is 4.35. The number of sulfonamides is 1. The van der Waals surface area contributed by atoms with Crippen molar-refractivity contribution in [2.75, 3.05) is 17.6 Å². The smallest absolute Gasteiger partial charge is 0.358 e. The minimum absolute atomic E-state index is 0.106. The van der Waals surface area contributed by atoms with E-state index < -0.39 is 16.0 Å². The minimum Gasteiger partial charge on any atom is -0.476 e. The summed E-state index contributed by atoms with van der Waals surface area (Å²) in [5, 5.41) is 16.3. The van der Waals surface area contributed by atoms with Crippen LogP contribution in [-0.2, 0) is 10.0 Å². The largest absolute Gasteiger partial charge is 0.476 e. The first-order valence-corrected chi connectivity index (χ1v) is 6.40. The molecule has 0 radical (unpaired) electrons. The number of anilines is 1. The molecule has 17 heavy (non-hydrogen) atoms. The van der Waals surface area contributed by atoms with Gasteiger partial charge in [0.1, 0.15) is 0 Å². The molecule has 1 aromatic heterocycles. The molecule has 1 aromatic rings. The first kappa shape index (κ1) is 13.3. The van der Waals surface area contributed by atoms with Crippen LogP contribution in [0.4, 0.5) is 5.82 Å². The fourth-order valence-electron chi connectivity index (χ4n) is 1.10. The van der Waals surface area contributed by atoms with Gasteiger partial charge < -0.3 is 10.4 Å². The second-order valence-corrected chi connectivity index (χ2v) is 4.94. The quantitative estimate of drug-likeness (QED) is 0.573. The average molecular weight is 260 g/mol. The van der Waals surface area contributed by atoms with Gasteiger partial charge in [-0.05, 0) is 6.42 Å². The predicted octanol–water partition coefficient (Wildman–Crippen LogP) is -0.735.